The summed E-state index contributed by atoms with van der Waals surface area (Å²) in [5.41, 5.74) is 5.75. The smallest absolute Gasteiger partial charge is 0.194 e. The topological polar surface area (TPSA) is 87.4 Å². The van der Waals surface area contributed by atoms with Crippen LogP contribution in [0.4, 0.5) is 0 Å². The standard InChI is InChI=1S/C9H15N7/c1-7(10)5-9-11-3-4-16(9)6-8-12-14-15(2)13-8/h3-4,7H,5-6,10H2,1-2H3. The zero-order valence-corrected chi connectivity index (χ0v) is 9.41. The van der Waals surface area contributed by atoms with Crippen molar-refractivity contribution in [3.8, 4) is 0 Å². The minimum atomic E-state index is 0.0935. The molecule has 0 amide bonds. The van der Waals surface area contributed by atoms with E-state index in [0.29, 0.717) is 12.4 Å². The monoisotopic (exact) mass is 221 g/mol. The lowest BCUT2D eigenvalue weighted by atomic mass is 10.2. The second kappa shape index (κ2) is 4.40. The van der Waals surface area contributed by atoms with Crippen LogP contribution in [0.5, 0.6) is 0 Å². The Kier molecular flexibility index (Phi) is 2.95. The van der Waals surface area contributed by atoms with E-state index in [9.17, 15) is 0 Å². The van der Waals surface area contributed by atoms with Gasteiger partial charge in [0.25, 0.3) is 0 Å². The SMILES string of the molecule is CC(N)Cc1nccn1Cc1nnn(C)n1. The van der Waals surface area contributed by atoms with Crippen molar-refractivity contribution in [2.75, 3.05) is 0 Å². The van der Waals surface area contributed by atoms with Crippen molar-refractivity contribution in [3.63, 3.8) is 0 Å². The first-order chi connectivity index (χ1) is 7.65. The van der Waals surface area contributed by atoms with Crippen LogP contribution < -0.4 is 5.73 Å². The van der Waals surface area contributed by atoms with E-state index >= 15 is 0 Å². The summed E-state index contributed by atoms with van der Waals surface area (Å²) in [6, 6.07) is 0.0935. The highest BCUT2D eigenvalue weighted by Crippen LogP contribution is 2.03. The minimum Gasteiger partial charge on any atom is -0.328 e. The molecule has 86 valence electrons. The van der Waals surface area contributed by atoms with Gasteiger partial charge in [-0.3, -0.25) is 0 Å². The lowest BCUT2D eigenvalue weighted by molar-refractivity contribution is 0.616. The molecule has 7 heteroatoms. The average molecular weight is 221 g/mol. The molecule has 0 bridgehead atoms. The largest absolute Gasteiger partial charge is 0.328 e. The van der Waals surface area contributed by atoms with E-state index in [2.05, 4.69) is 20.4 Å². The molecule has 7 nitrogen and oxygen atoms in total. The number of aryl methyl sites for hydroxylation is 1. The maximum absolute atomic E-state index is 5.75. The Hall–Kier alpha value is -1.76. The van der Waals surface area contributed by atoms with Crippen molar-refractivity contribution in [1.82, 2.24) is 29.8 Å². The van der Waals surface area contributed by atoms with E-state index in [0.717, 1.165) is 12.2 Å². The molecule has 16 heavy (non-hydrogen) atoms. The summed E-state index contributed by atoms with van der Waals surface area (Å²) in [6.45, 7) is 2.54. The molecule has 0 spiro atoms. The van der Waals surface area contributed by atoms with Crippen LogP contribution in [0.25, 0.3) is 0 Å². The number of nitrogens with zero attached hydrogens (tertiary/aromatic N) is 6. The van der Waals surface area contributed by atoms with Gasteiger partial charge in [-0.1, -0.05) is 0 Å². The summed E-state index contributed by atoms with van der Waals surface area (Å²) in [5.74, 6) is 1.62. The molecule has 1 atom stereocenters. The van der Waals surface area contributed by atoms with Crippen molar-refractivity contribution < 1.29 is 0 Å². The van der Waals surface area contributed by atoms with Crippen molar-refractivity contribution in [3.05, 3.63) is 24.0 Å². The van der Waals surface area contributed by atoms with Gasteiger partial charge in [-0.15, -0.1) is 10.2 Å². The molecule has 0 aromatic carbocycles. The number of imidazole rings is 1. The van der Waals surface area contributed by atoms with Crippen LogP contribution in [0.15, 0.2) is 12.4 Å². The summed E-state index contributed by atoms with van der Waals surface area (Å²) in [7, 11) is 1.74. The summed E-state index contributed by atoms with van der Waals surface area (Å²) >= 11 is 0. The van der Waals surface area contributed by atoms with Crippen LogP contribution in [0, 0.1) is 0 Å². The fraction of sp³-hybridized carbons (Fsp3) is 0.556. The Labute approximate surface area is 93.3 Å². The molecule has 2 aromatic rings. The molecule has 0 aliphatic heterocycles. The number of rotatable bonds is 4. The van der Waals surface area contributed by atoms with Gasteiger partial charge in [-0.25, -0.2) is 4.98 Å². The molecule has 0 aliphatic rings. The Bertz CT molecular complexity index is 456. The normalized spacial score (nSPS) is 12.9. The van der Waals surface area contributed by atoms with Crippen LogP contribution in [0.1, 0.15) is 18.6 Å². The Morgan fingerprint density at radius 1 is 1.50 bits per heavy atom. The zero-order valence-electron chi connectivity index (χ0n) is 9.41. The summed E-state index contributed by atoms with van der Waals surface area (Å²) in [4.78, 5) is 5.70. The number of tetrazole rings is 1. The lowest BCUT2D eigenvalue weighted by Gasteiger charge is -2.07. The van der Waals surface area contributed by atoms with Crippen LogP contribution in [0.3, 0.4) is 0 Å². The number of hydrogen-bond donors (Lipinski definition) is 1. The van der Waals surface area contributed by atoms with E-state index in [-0.39, 0.29) is 6.04 Å². The highest BCUT2D eigenvalue weighted by atomic mass is 15.6. The molecule has 0 saturated heterocycles. The van der Waals surface area contributed by atoms with Gasteiger partial charge in [0.1, 0.15) is 5.82 Å². The molecule has 1 unspecified atom stereocenters. The lowest BCUT2D eigenvalue weighted by Crippen LogP contribution is -2.21. The average Bonchev–Trinajstić information content (AvgIpc) is 2.77. The summed E-state index contributed by atoms with van der Waals surface area (Å²) in [6.07, 6.45) is 4.40. The van der Waals surface area contributed by atoms with Gasteiger partial charge in [0.15, 0.2) is 5.82 Å². The first kappa shape index (κ1) is 10.7. The molecule has 2 rings (SSSR count). The van der Waals surface area contributed by atoms with Gasteiger partial charge in [0.2, 0.25) is 0 Å². The minimum absolute atomic E-state index is 0.0935. The van der Waals surface area contributed by atoms with E-state index in [1.807, 2.05) is 17.7 Å². The van der Waals surface area contributed by atoms with Crippen LogP contribution in [0.2, 0.25) is 0 Å². The molecule has 2 aromatic heterocycles. The molecule has 0 saturated carbocycles. The third-order valence-electron chi connectivity index (χ3n) is 2.17. The Balaban J connectivity index is 2.12. The highest BCUT2D eigenvalue weighted by Gasteiger charge is 2.08. The number of hydrogen-bond acceptors (Lipinski definition) is 5. The molecule has 0 radical (unpaired) electrons. The van der Waals surface area contributed by atoms with E-state index in [1.54, 1.807) is 13.2 Å². The van der Waals surface area contributed by atoms with Gasteiger partial charge in [0.05, 0.1) is 13.6 Å². The van der Waals surface area contributed by atoms with E-state index in [4.69, 9.17) is 5.73 Å². The Morgan fingerprint density at radius 2 is 2.31 bits per heavy atom. The van der Waals surface area contributed by atoms with Crippen molar-refractivity contribution in [2.45, 2.75) is 25.9 Å². The molecule has 0 aliphatic carbocycles. The second-order valence-corrected chi connectivity index (χ2v) is 3.85. The maximum Gasteiger partial charge on any atom is 0.194 e. The predicted octanol–water partition coefficient (Wildman–Crippen LogP) is -0.655. The summed E-state index contributed by atoms with van der Waals surface area (Å²) < 4.78 is 1.99. The molecule has 2 N–H and O–H groups in total. The zero-order chi connectivity index (χ0) is 11.5. The fourth-order valence-electron chi connectivity index (χ4n) is 1.50. The fourth-order valence-corrected chi connectivity index (χ4v) is 1.50. The first-order valence-corrected chi connectivity index (χ1v) is 5.13. The third kappa shape index (κ3) is 2.43. The number of nitrogens with two attached hydrogens (primary N) is 1. The van der Waals surface area contributed by atoms with E-state index in [1.165, 1.54) is 4.80 Å². The molecule has 2 heterocycles. The predicted molar refractivity (Wildman–Crippen MR) is 57.5 cm³/mol. The van der Waals surface area contributed by atoms with Crippen molar-refractivity contribution >= 4 is 0 Å². The maximum atomic E-state index is 5.75. The highest BCUT2D eigenvalue weighted by molar-refractivity contribution is 4.97. The Morgan fingerprint density at radius 3 is 2.94 bits per heavy atom. The van der Waals surface area contributed by atoms with Gasteiger partial charge >= 0.3 is 0 Å². The van der Waals surface area contributed by atoms with Gasteiger partial charge < -0.3 is 10.3 Å². The van der Waals surface area contributed by atoms with E-state index < -0.39 is 0 Å². The second-order valence-electron chi connectivity index (χ2n) is 3.85. The third-order valence-corrected chi connectivity index (χ3v) is 2.17. The van der Waals surface area contributed by atoms with Crippen molar-refractivity contribution in [2.24, 2.45) is 12.8 Å². The molecular formula is C9H15N7. The van der Waals surface area contributed by atoms with Crippen LogP contribution in [-0.4, -0.2) is 35.8 Å². The van der Waals surface area contributed by atoms with Gasteiger partial charge in [-0.05, 0) is 12.1 Å². The quantitative estimate of drug-likeness (QED) is 0.741. The molecule has 0 fully saturated rings. The molecular weight excluding hydrogens is 206 g/mol. The van der Waals surface area contributed by atoms with Crippen LogP contribution in [-0.2, 0) is 20.0 Å². The van der Waals surface area contributed by atoms with Crippen LogP contribution >= 0.6 is 0 Å². The van der Waals surface area contributed by atoms with Gasteiger partial charge in [-0.2, -0.15) is 4.80 Å². The van der Waals surface area contributed by atoms with Crippen molar-refractivity contribution in [1.29, 1.82) is 0 Å². The number of aromatic nitrogens is 6. The summed E-state index contributed by atoms with van der Waals surface area (Å²) in [5, 5.41) is 11.8. The van der Waals surface area contributed by atoms with Gasteiger partial charge in [0, 0.05) is 24.9 Å². The first-order valence-electron chi connectivity index (χ1n) is 5.13.